The summed E-state index contributed by atoms with van der Waals surface area (Å²) in [6.07, 6.45) is 1.45. The molecule has 0 saturated carbocycles. The van der Waals surface area contributed by atoms with Gasteiger partial charge in [-0.1, -0.05) is 28.1 Å². The second kappa shape index (κ2) is 5.92. The minimum absolute atomic E-state index is 0.289. The Morgan fingerprint density at radius 1 is 1.35 bits per heavy atom. The van der Waals surface area contributed by atoms with Crippen molar-refractivity contribution in [2.75, 3.05) is 17.7 Å². The maximum atomic E-state index is 11.3. The molecule has 6 heteroatoms. The first kappa shape index (κ1) is 14.3. The molecule has 2 rings (SSSR count). The summed E-state index contributed by atoms with van der Waals surface area (Å²) >= 11 is 3.40. The van der Waals surface area contributed by atoms with E-state index in [4.69, 9.17) is 11.5 Å². The number of benzene rings is 1. The highest BCUT2D eigenvalue weighted by molar-refractivity contribution is 9.10. The first-order valence-corrected chi connectivity index (χ1v) is 6.77. The van der Waals surface area contributed by atoms with E-state index in [1.165, 1.54) is 6.20 Å². The van der Waals surface area contributed by atoms with Crippen molar-refractivity contribution in [2.45, 2.75) is 6.54 Å². The van der Waals surface area contributed by atoms with Crippen molar-refractivity contribution in [1.82, 2.24) is 4.98 Å². The lowest BCUT2D eigenvalue weighted by atomic mass is 10.2. The van der Waals surface area contributed by atoms with Crippen molar-refractivity contribution in [3.63, 3.8) is 0 Å². The zero-order valence-electron chi connectivity index (χ0n) is 11.0. The van der Waals surface area contributed by atoms with Gasteiger partial charge in [-0.15, -0.1) is 0 Å². The van der Waals surface area contributed by atoms with E-state index in [-0.39, 0.29) is 5.56 Å². The molecule has 1 aromatic heterocycles. The summed E-state index contributed by atoms with van der Waals surface area (Å²) in [6, 6.07) is 9.61. The van der Waals surface area contributed by atoms with Crippen molar-refractivity contribution in [2.24, 2.45) is 5.73 Å². The van der Waals surface area contributed by atoms with Gasteiger partial charge in [0.2, 0.25) is 0 Å². The third-order valence-corrected chi connectivity index (χ3v) is 3.44. The van der Waals surface area contributed by atoms with E-state index in [0.29, 0.717) is 18.1 Å². The van der Waals surface area contributed by atoms with Gasteiger partial charge in [-0.25, -0.2) is 4.98 Å². The summed E-state index contributed by atoms with van der Waals surface area (Å²) in [5, 5.41) is 0. The molecule has 4 N–H and O–H groups in total. The number of nitrogens with two attached hydrogens (primary N) is 2. The Morgan fingerprint density at radius 2 is 2.00 bits per heavy atom. The molecular weight excluding hydrogens is 320 g/mol. The van der Waals surface area contributed by atoms with Crippen LogP contribution in [0, 0.1) is 0 Å². The van der Waals surface area contributed by atoms with Gasteiger partial charge in [0.25, 0.3) is 5.91 Å². The van der Waals surface area contributed by atoms with Crippen LogP contribution in [0.5, 0.6) is 0 Å². The number of primary amides is 1. The molecule has 0 fully saturated rings. The SMILES string of the molecule is CN(Cc1ccc(Br)cc1)c1cc(C(N)=O)c(N)cn1. The van der Waals surface area contributed by atoms with Crippen molar-refractivity contribution >= 4 is 33.3 Å². The molecule has 0 saturated heterocycles. The van der Waals surface area contributed by atoms with Gasteiger partial charge in [0, 0.05) is 18.1 Å². The molecule has 20 heavy (non-hydrogen) atoms. The van der Waals surface area contributed by atoms with Gasteiger partial charge in [0.15, 0.2) is 0 Å². The van der Waals surface area contributed by atoms with Crippen LogP contribution < -0.4 is 16.4 Å². The molecule has 2 aromatic rings. The first-order valence-electron chi connectivity index (χ1n) is 5.98. The fourth-order valence-corrected chi connectivity index (χ4v) is 2.09. The van der Waals surface area contributed by atoms with Crippen LogP contribution in [-0.2, 0) is 6.54 Å². The fraction of sp³-hybridized carbons (Fsp3) is 0.143. The molecule has 0 bridgehead atoms. The Hall–Kier alpha value is -2.08. The van der Waals surface area contributed by atoms with E-state index < -0.39 is 5.91 Å². The second-order valence-corrected chi connectivity index (χ2v) is 5.39. The number of hydrogen-bond acceptors (Lipinski definition) is 4. The lowest BCUT2D eigenvalue weighted by molar-refractivity contribution is 0.100. The number of rotatable bonds is 4. The highest BCUT2D eigenvalue weighted by Crippen LogP contribution is 2.19. The second-order valence-electron chi connectivity index (χ2n) is 4.48. The molecule has 0 aliphatic heterocycles. The van der Waals surface area contributed by atoms with Crippen LogP contribution in [0.25, 0.3) is 0 Å². The van der Waals surface area contributed by atoms with Crippen LogP contribution in [-0.4, -0.2) is 17.9 Å². The quantitative estimate of drug-likeness (QED) is 0.897. The van der Waals surface area contributed by atoms with Crippen LogP contribution in [0.3, 0.4) is 0 Å². The van der Waals surface area contributed by atoms with Crippen LogP contribution in [0.2, 0.25) is 0 Å². The number of halogens is 1. The average Bonchev–Trinajstić information content (AvgIpc) is 2.41. The number of amides is 1. The largest absolute Gasteiger partial charge is 0.397 e. The summed E-state index contributed by atoms with van der Waals surface area (Å²) in [5.41, 5.74) is 12.7. The van der Waals surface area contributed by atoms with E-state index in [1.54, 1.807) is 6.07 Å². The van der Waals surface area contributed by atoms with E-state index in [1.807, 2.05) is 36.2 Å². The average molecular weight is 335 g/mol. The summed E-state index contributed by atoms with van der Waals surface area (Å²) < 4.78 is 1.03. The van der Waals surface area contributed by atoms with Crippen LogP contribution >= 0.6 is 15.9 Å². The topological polar surface area (TPSA) is 85.2 Å². The minimum atomic E-state index is -0.553. The first-order chi connectivity index (χ1) is 9.47. The third-order valence-electron chi connectivity index (χ3n) is 2.91. The van der Waals surface area contributed by atoms with E-state index in [2.05, 4.69) is 20.9 Å². The Labute approximate surface area is 125 Å². The standard InChI is InChI=1S/C14H15BrN4O/c1-19(8-9-2-4-10(15)5-3-9)13-6-11(14(17)20)12(16)7-18-13/h2-7H,8,16H2,1H3,(H2,17,20). The van der Waals surface area contributed by atoms with Gasteiger partial charge in [0.1, 0.15) is 5.82 Å². The molecule has 1 aromatic carbocycles. The zero-order chi connectivity index (χ0) is 14.7. The number of carbonyl (C=O) groups is 1. The molecule has 0 spiro atoms. The van der Waals surface area contributed by atoms with Gasteiger partial charge in [-0.2, -0.15) is 0 Å². The van der Waals surface area contributed by atoms with Crippen molar-refractivity contribution in [3.05, 3.63) is 52.1 Å². The van der Waals surface area contributed by atoms with Crippen molar-refractivity contribution < 1.29 is 4.79 Å². The number of anilines is 2. The summed E-state index contributed by atoms with van der Waals surface area (Å²) in [5.74, 6) is 0.0964. The number of hydrogen-bond donors (Lipinski definition) is 2. The molecule has 0 aliphatic carbocycles. The van der Waals surface area contributed by atoms with Gasteiger partial charge in [-0.05, 0) is 23.8 Å². The van der Waals surface area contributed by atoms with E-state index in [9.17, 15) is 4.79 Å². The molecule has 5 nitrogen and oxygen atoms in total. The van der Waals surface area contributed by atoms with Crippen LogP contribution in [0.15, 0.2) is 41.0 Å². The number of nitrogen functional groups attached to an aromatic ring is 1. The van der Waals surface area contributed by atoms with E-state index >= 15 is 0 Å². The number of aromatic nitrogens is 1. The molecule has 0 unspecified atom stereocenters. The van der Waals surface area contributed by atoms with Gasteiger partial charge in [0.05, 0.1) is 17.4 Å². The summed E-state index contributed by atoms with van der Waals surface area (Å²) in [7, 11) is 1.89. The Morgan fingerprint density at radius 3 is 2.60 bits per heavy atom. The molecule has 1 amide bonds. The van der Waals surface area contributed by atoms with Crippen molar-refractivity contribution in [3.8, 4) is 0 Å². The lowest BCUT2D eigenvalue weighted by Gasteiger charge is -2.19. The monoisotopic (exact) mass is 334 g/mol. The van der Waals surface area contributed by atoms with Gasteiger partial charge in [-0.3, -0.25) is 4.79 Å². The predicted octanol–water partition coefficient (Wildman–Crippen LogP) is 2.16. The number of nitrogens with zero attached hydrogens (tertiary/aromatic N) is 2. The molecule has 0 aliphatic rings. The smallest absolute Gasteiger partial charge is 0.250 e. The number of pyridine rings is 1. The predicted molar refractivity (Wildman–Crippen MR) is 83.4 cm³/mol. The highest BCUT2D eigenvalue weighted by Gasteiger charge is 2.10. The zero-order valence-corrected chi connectivity index (χ0v) is 12.6. The van der Waals surface area contributed by atoms with Crippen LogP contribution in [0.1, 0.15) is 15.9 Å². The molecule has 0 atom stereocenters. The Kier molecular flexibility index (Phi) is 4.24. The molecule has 1 heterocycles. The normalized spacial score (nSPS) is 10.3. The third kappa shape index (κ3) is 3.27. The summed E-state index contributed by atoms with van der Waals surface area (Å²) in [4.78, 5) is 17.4. The lowest BCUT2D eigenvalue weighted by Crippen LogP contribution is -2.20. The van der Waals surface area contributed by atoms with Crippen LogP contribution in [0.4, 0.5) is 11.5 Å². The Bertz CT molecular complexity index is 628. The van der Waals surface area contributed by atoms with Crippen molar-refractivity contribution in [1.29, 1.82) is 0 Å². The number of carbonyl (C=O) groups excluding carboxylic acids is 1. The van der Waals surface area contributed by atoms with Gasteiger partial charge < -0.3 is 16.4 Å². The molecule has 0 radical (unpaired) electrons. The summed E-state index contributed by atoms with van der Waals surface area (Å²) in [6.45, 7) is 0.669. The Balaban J connectivity index is 2.20. The fourth-order valence-electron chi connectivity index (χ4n) is 1.82. The highest BCUT2D eigenvalue weighted by atomic mass is 79.9. The van der Waals surface area contributed by atoms with E-state index in [0.717, 1.165) is 10.0 Å². The maximum absolute atomic E-state index is 11.3. The molecular formula is C14H15BrN4O. The minimum Gasteiger partial charge on any atom is -0.397 e. The van der Waals surface area contributed by atoms with Gasteiger partial charge >= 0.3 is 0 Å². The maximum Gasteiger partial charge on any atom is 0.250 e. The molecule has 104 valence electrons.